The van der Waals surface area contributed by atoms with Gasteiger partial charge in [0, 0.05) is 11.5 Å². The van der Waals surface area contributed by atoms with Gasteiger partial charge in [-0.2, -0.15) is 0 Å². The molecule has 0 aromatic carbocycles. The molecule has 1 aromatic rings. The Hall–Kier alpha value is -0.480. The number of halogens is 1. The first-order valence-corrected chi connectivity index (χ1v) is 4.38. The van der Waals surface area contributed by atoms with Gasteiger partial charge in [0.1, 0.15) is 6.10 Å². The quantitative estimate of drug-likeness (QED) is 0.757. The Bertz CT molecular complexity index is 224. The van der Waals surface area contributed by atoms with E-state index >= 15 is 0 Å². The molecule has 0 aliphatic heterocycles. The summed E-state index contributed by atoms with van der Waals surface area (Å²) in [5, 5.41) is 9.76. The van der Waals surface area contributed by atoms with Crippen molar-refractivity contribution in [1.82, 2.24) is 9.97 Å². The van der Waals surface area contributed by atoms with Gasteiger partial charge in [-0.1, -0.05) is 15.9 Å². The molecule has 1 heterocycles. The zero-order chi connectivity index (χ0) is 8.27. The number of aliphatic hydroxyl groups excluding tert-OH is 1. The lowest BCUT2D eigenvalue weighted by Gasteiger charge is -2.04. The molecule has 11 heavy (non-hydrogen) atoms. The van der Waals surface area contributed by atoms with Crippen molar-refractivity contribution in [1.29, 1.82) is 0 Å². The third-order valence-corrected chi connectivity index (χ3v) is 1.90. The summed E-state index contributed by atoms with van der Waals surface area (Å²) in [5.41, 5.74) is 1.46. The molecule has 0 saturated carbocycles. The van der Waals surface area contributed by atoms with E-state index in [0.29, 0.717) is 11.0 Å². The van der Waals surface area contributed by atoms with Crippen LogP contribution < -0.4 is 0 Å². The highest BCUT2D eigenvalue weighted by Crippen LogP contribution is 2.10. The number of rotatable bonds is 2. The Labute approximate surface area is 73.6 Å². The van der Waals surface area contributed by atoms with Crippen LogP contribution in [0.25, 0.3) is 0 Å². The Morgan fingerprint density at radius 3 is 2.73 bits per heavy atom. The highest BCUT2D eigenvalue weighted by Gasteiger charge is 2.05. The van der Waals surface area contributed by atoms with Gasteiger partial charge in [-0.15, -0.1) is 0 Å². The minimum Gasteiger partial charge on any atom is -0.386 e. The van der Waals surface area contributed by atoms with Gasteiger partial charge in [0.2, 0.25) is 0 Å². The van der Waals surface area contributed by atoms with Crippen LogP contribution in [0.15, 0.2) is 12.4 Å². The predicted molar refractivity (Wildman–Crippen MR) is 45.5 cm³/mol. The van der Waals surface area contributed by atoms with E-state index in [1.165, 1.54) is 0 Å². The van der Waals surface area contributed by atoms with Crippen molar-refractivity contribution in [3.63, 3.8) is 0 Å². The summed E-state index contributed by atoms with van der Waals surface area (Å²) < 4.78 is 0. The number of nitrogens with zero attached hydrogens (tertiary/aromatic N) is 2. The molecule has 1 unspecified atom stereocenters. The standard InChI is InChI=1S/C7H9BrN2O/c1-5-3-10-6(4-9-5)7(11)2-8/h3-4,7,11H,2H2,1H3. The second kappa shape index (κ2) is 3.78. The molecule has 0 aliphatic rings. The van der Waals surface area contributed by atoms with Gasteiger partial charge in [-0.05, 0) is 6.92 Å². The van der Waals surface area contributed by atoms with E-state index in [1.807, 2.05) is 6.92 Å². The minimum absolute atomic E-state index is 0.491. The number of hydrogen-bond donors (Lipinski definition) is 1. The minimum atomic E-state index is -0.553. The van der Waals surface area contributed by atoms with Crippen LogP contribution in [0.5, 0.6) is 0 Å². The first kappa shape index (κ1) is 8.62. The Morgan fingerprint density at radius 2 is 2.27 bits per heavy atom. The van der Waals surface area contributed by atoms with Crippen LogP contribution >= 0.6 is 15.9 Å². The molecule has 1 N–H and O–H groups in total. The van der Waals surface area contributed by atoms with Gasteiger partial charge < -0.3 is 5.11 Å². The van der Waals surface area contributed by atoms with E-state index in [0.717, 1.165) is 5.69 Å². The van der Waals surface area contributed by atoms with Crippen LogP contribution in [0.1, 0.15) is 17.5 Å². The number of alkyl halides is 1. The third kappa shape index (κ3) is 2.24. The van der Waals surface area contributed by atoms with E-state index in [2.05, 4.69) is 25.9 Å². The molecule has 0 fully saturated rings. The fourth-order valence-corrected chi connectivity index (χ4v) is 0.985. The van der Waals surface area contributed by atoms with Crippen LogP contribution in [-0.4, -0.2) is 20.4 Å². The van der Waals surface area contributed by atoms with Crippen molar-refractivity contribution in [3.8, 4) is 0 Å². The summed E-state index contributed by atoms with van der Waals surface area (Å²) in [4.78, 5) is 8.01. The molecular formula is C7H9BrN2O. The van der Waals surface area contributed by atoms with Gasteiger partial charge in [-0.25, -0.2) is 0 Å². The van der Waals surface area contributed by atoms with Gasteiger partial charge in [0.25, 0.3) is 0 Å². The number of hydrogen-bond acceptors (Lipinski definition) is 3. The molecule has 3 nitrogen and oxygen atoms in total. The normalized spacial score (nSPS) is 13.0. The Kier molecular flexibility index (Phi) is 2.96. The highest BCUT2D eigenvalue weighted by atomic mass is 79.9. The molecule has 60 valence electrons. The summed E-state index contributed by atoms with van der Waals surface area (Å²) in [6.45, 7) is 1.86. The van der Waals surface area contributed by atoms with Crippen LogP contribution in [0, 0.1) is 6.92 Å². The molecule has 1 atom stereocenters. The summed E-state index contributed by atoms with van der Waals surface area (Å²) in [6, 6.07) is 0. The lowest BCUT2D eigenvalue weighted by molar-refractivity contribution is 0.200. The average Bonchev–Trinajstić information content (AvgIpc) is 2.05. The number of aliphatic hydroxyl groups is 1. The Balaban J connectivity index is 2.81. The molecule has 0 radical (unpaired) electrons. The van der Waals surface area contributed by atoms with E-state index < -0.39 is 6.10 Å². The summed E-state index contributed by atoms with van der Waals surface area (Å²) >= 11 is 3.15. The fourth-order valence-electron chi connectivity index (χ4n) is 0.654. The first-order valence-electron chi connectivity index (χ1n) is 3.26. The van der Waals surface area contributed by atoms with Crippen molar-refractivity contribution < 1.29 is 5.11 Å². The molecule has 0 amide bonds. The van der Waals surface area contributed by atoms with E-state index in [9.17, 15) is 5.11 Å². The van der Waals surface area contributed by atoms with Crippen molar-refractivity contribution in [2.75, 3.05) is 5.33 Å². The molecule has 0 aliphatic carbocycles. The lowest BCUT2D eigenvalue weighted by Crippen LogP contribution is -2.02. The molecule has 4 heteroatoms. The molecular weight excluding hydrogens is 208 g/mol. The van der Waals surface area contributed by atoms with E-state index in [4.69, 9.17) is 0 Å². The van der Waals surface area contributed by atoms with E-state index in [1.54, 1.807) is 12.4 Å². The maximum atomic E-state index is 9.27. The van der Waals surface area contributed by atoms with Crippen LogP contribution in [0.3, 0.4) is 0 Å². The van der Waals surface area contributed by atoms with Gasteiger partial charge in [0.05, 0.1) is 17.6 Å². The lowest BCUT2D eigenvalue weighted by atomic mass is 10.3. The van der Waals surface area contributed by atoms with Crippen molar-refractivity contribution in [2.45, 2.75) is 13.0 Å². The second-order valence-electron chi connectivity index (χ2n) is 2.25. The Morgan fingerprint density at radius 1 is 1.55 bits per heavy atom. The zero-order valence-corrected chi connectivity index (χ0v) is 7.74. The number of aromatic nitrogens is 2. The van der Waals surface area contributed by atoms with Gasteiger partial charge in [0.15, 0.2) is 0 Å². The highest BCUT2D eigenvalue weighted by molar-refractivity contribution is 9.09. The predicted octanol–water partition coefficient (Wildman–Crippen LogP) is 1.21. The first-order chi connectivity index (χ1) is 5.24. The van der Waals surface area contributed by atoms with Crippen LogP contribution in [0.2, 0.25) is 0 Å². The summed E-state index contributed by atoms with van der Waals surface area (Å²) in [7, 11) is 0. The molecule has 0 saturated heterocycles. The molecule has 0 spiro atoms. The molecule has 1 aromatic heterocycles. The topological polar surface area (TPSA) is 46.0 Å². The zero-order valence-electron chi connectivity index (χ0n) is 6.16. The van der Waals surface area contributed by atoms with Gasteiger partial charge in [-0.3, -0.25) is 9.97 Å². The maximum Gasteiger partial charge on any atom is 0.107 e. The monoisotopic (exact) mass is 216 g/mol. The van der Waals surface area contributed by atoms with Crippen molar-refractivity contribution >= 4 is 15.9 Å². The van der Waals surface area contributed by atoms with Crippen LogP contribution in [-0.2, 0) is 0 Å². The fraction of sp³-hybridized carbons (Fsp3) is 0.429. The average molecular weight is 217 g/mol. The second-order valence-corrected chi connectivity index (χ2v) is 2.90. The SMILES string of the molecule is Cc1cnc(C(O)CBr)cn1. The molecule has 1 rings (SSSR count). The molecule has 0 bridgehead atoms. The van der Waals surface area contributed by atoms with Crippen molar-refractivity contribution in [3.05, 3.63) is 23.8 Å². The summed E-state index contributed by atoms with van der Waals surface area (Å²) in [6.07, 6.45) is 2.67. The third-order valence-electron chi connectivity index (χ3n) is 1.29. The number of aryl methyl sites for hydroxylation is 1. The van der Waals surface area contributed by atoms with Crippen LogP contribution in [0.4, 0.5) is 0 Å². The maximum absolute atomic E-state index is 9.27. The van der Waals surface area contributed by atoms with Gasteiger partial charge >= 0.3 is 0 Å². The smallest absolute Gasteiger partial charge is 0.107 e. The summed E-state index contributed by atoms with van der Waals surface area (Å²) in [5.74, 6) is 0. The van der Waals surface area contributed by atoms with E-state index in [-0.39, 0.29) is 0 Å². The largest absolute Gasteiger partial charge is 0.386 e. The van der Waals surface area contributed by atoms with Crippen molar-refractivity contribution in [2.24, 2.45) is 0 Å².